The molecule has 0 aromatic heterocycles. The minimum Gasteiger partial charge on any atom is -0.239 e. The highest BCUT2D eigenvalue weighted by atomic mass is 19.3. The van der Waals surface area contributed by atoms with Gasteiger partial charge in [-0.3, -0.25) is 0 Å². The summed E-state index contributed by atoms with van der Waals surface area (Å²) in [5.41, 5.74) is -0.617. The van der Waals surface area contributed by atoms with Crippen molar-refractivity contribution in [3.05, 3.63) is 23.3 Å². The van der Waals surface area contributed by atoms with Gasteiger partial charge in [-0.15, -0.1) is 0 Å². The summed E-state index contributed by atoms with van der Waals surface area (Å²) in [5.74, 6) is -0.0699. The lowest BCUT2D eigenvalue weighted by atomic mass is 9.93. The molecule has 2 aliphatic carbocycles. The van der Waals surface area contributed by atoms with E-state index in [-0.39, 0.29) is 17.4 Å². The molecule has 0 spiro atoms. The zero-order chi connectivity index (χ0) is 10.7. The van der Waals surface area contributed by atoms with E-state index in [1.807, 2.05) is 0 Å². The van der Waals surface area contributed by atoms with Crippen molar-refractivity contribution in [3.63, 3.8) is 0 Å². The van der Waals surface area contributed by atoms with Gasteiger partial charge in [0.15, 0.2) is 0 Å². The fourth-order valence-corrected chi connectivity index (χ4v) is 2.53. The molecule has 0 radical (unpaired) electrons. The second kappa shape index (κ2) is 2.65. The minimum absolute atomic E-state index is 0.00602. The average molecular weight is 202 g/mol. The van der Waals surface area contributed by atoms with E-state index in [2.05, 4.69) is 6.58 Å². The number of fused-ring (bicyclic) bond motifs is 1. The molecule has 0 amide bonds. The van der Waals surface area contributed by atoms with E-state index in [1.54, 1.807) is 6.92 Å². The van der Waals surface area contributed by atoms with Crippen LogP contribution in [-0.4, -0.2) is 12.1 Å². The smallest absolute Gasteiger partial charge is 0.239 e. The van der Waals surface area contributed by atoms with Gasteiger partial charge in [-0.05, 0) is 37.3 Å². The quantitative estimate of drug-likeness (QED) is 0.642. The normalized spacial score (nSPS) is 40.4. The maximum Gasteiger partial charge on any atom is 0.263 e. The van der Waals surface area contributed by atoms with Gasteiger partial charge in [0, 0.05) is 11.5 Å². The molecule has 2 rings (SSSR count). The summed E-state index contributed by atoms with van der Waals surface area (Å²) >= 11 is 0. The molecule has 0 aliphatic heterocycles. The van der Waals surface area contributed by atoms with Gasteiger partial charge < -0.3 is 0 Å². The highest BCUT2D eigenvalue weighted by molar-refractivity contribution is 5.49. The second-order valence-corrected chi connectivity index (χ2v) is 4.39. The molecule has 1 fully saturated rings. The average Bonchev–Trinajstić information content (AvgIpc) is 2.80. The molecule has 1 unspecified atom stereocenters. The van der Waals surface area contributed by atoms with Crippen LogP contribution in [0.1, 0.15) is 20.3 Å². The van der Waals surface area contributed by atoms with Crippen LogP contribution >= 0.6 is 0 Å². The number of allylic oxidation sites excluding steroid dienone is 3. The summed E-state index contributed by atoms with van der Waals surface area (Å²) < 4.78 is 38.9. The van der Waals surface area contributed by atoms with E-state index in [0.717, 1.165) is 0 Å². The molecule has 78 valence electrons. The van der Waals surface area contributed by atoms with E-state index >= 15 is 0 Å². The monoisotopic (exact) mass is 202 g/mol. The van der Waals surface area contributed by atoms with Crippen LogP contribution in [0, 0.1) is 11.8 Å². The van der Waals surface area contributed by atoms with Crippen LogP contribution < -0.4 is 0 Å². The number of rotatable bonds is 2. The molecule has 0 nitrogen and oxygen atoms in total. The summed E-state index contributed by atoms with van der Waals surface area (Å²) in [6, 6.07) is 0. The Morgan fingerprint density at radius 1 is 1.57 bits per heavy atom. The minimum atomic E-state index is -2.56. The Hall–Kier alpha value is -0.730. The first-order valence-corrected chi connectivity index (χ1v) is 4.74. The second-order valence-electron chi connectivity index (χ2n) is 4.39. The van der Waals surface area contributed by atoms with Gasteiger partial charge >= 0.3 is 0 Å². The number of alkyl halides is 3. The maximum atomic E-state index is 14.0. The summed E-state index contributed by atoms with van der Waals surface area (Å²) in [6.45, 7) is 6.45. The molecule has 0 N–H and O–H groups in total. The number of hydrogen-bond donors (Lipinski definition) is 0. The first-order valence-electron chi connectivity index (χ1n) is 4.74. The summed E-state index contributed by atoms with van der Waals surface area (Å²) in [6.07, 6.45) is -1.86. The molecule has 0 aromatic carbocycles. The number of hydrogen-bond acceptors (Lipinski definition) is 0. The molecule has 3 heteroatoms. The highest BCUT2D eigenvalue weighted by Crippen LogP contribution is 2.63. The van der Waals surface area contributed by atoms with Crippen LogP contribution in [-0.2, 0) is 0 Å². The molecule has 1 saturated carbocycles. The fourth-order valence-electron chi connectivity index (χ4n) is 2.53. The van der Waals surface area contributed by atoms with E-state index < -0.39 is 12.1 Å². The SMILES string of the molecule is C=C(C1=C(C)C(C)(F)[C@@H]2C[C@H]12)C(F)F. The van der Waals surface area contributed by atoms with E-state index in [4.69, 9.17) is 0 Å². The predicted molar refractivity (Wildman–Crippen MR) is 49.0 cm³/mol. The lowest BCUT2D eigenvalue weighted by Gasteiger charge is -2.19. The first kappa shape index (κ1) is 9.81. The number of halogens is 3. The van der Waals surface area contributed by atoms with E-state index in [9.17, 15) is 13.2 Å². The van der Waals surface area contributed by atoms with Gasteiger partial charge in [0.25, 0.3) is 6.43 Å². The molecule has 0 heterocycles. The van der Waals surface area contributed by atoms with E-state index in [0.29, 0.717) is 17.6 Å². The van der Waals surface area contributed by atoms with Crippen molar-refractivity contribution >= 4 is 0 Å². The van der Waals surface area contributed by atoms with Crippen molar-refractivity contribution in [2.75, 3.05) is 0 Å². The third-order valence-electron chi connectivity index (χ3n) is 3.60. The Labute approximate surface area is 81.5 Å². The topological polar surface area (TPSA) is 0 Å². The molecular formula is C11H13F3. The first-order chi connectivity index (χ1) is 6.37. The zero-order valence-electron chi connectivity index (χ0n) is 8.28. The van der Waals surface area contributed by atoms with Gasteiger partial charge in [-0.25, -0.2) is 13.2 Å². The van der Waals surface area contributed by atoms with Crippen molar-refractivity contribution in [2.24, 2.45) is 11.8 Å². The summed E-state index contributed by atoms with van der Waals surface area (Å²) in [5, 5.41) is 0. The molecular weight excluding hydrogens is 189 g/mol. The van der Waals surface area contributed by atoms with Crippen molar-refractivity contribution in [1.82, 2.24) is 0 Å². The largest absolute Gasteiger partial charge is 0.263 e. The Morgan fingerprint density at radius 3 is 2.50 bits per heavy atom. The van der Waals surface area contributed by atoms with Crippen LogP contribution in [0.2, 0.25) is 0 Å². The van der Waals surface area contributed by atoms with E-state index in [1.165, 1.54) is 6.92 Å². The van der Waals surface area contributed by atoms with Crippen LogP contribution in [0.3, 0.4) is 0 Å². The highest BCUT2D eigenvalue weighted by Gasteiger charge is 2.60. The molecule has 0 aromatic rings. The van der Waals surface area contributed by atoms with Crippen molar-refractivity contribution in [2.45, 2.75) is 32.4 Å². The lowest BCUT2D eigenvalue weighted by Crippen LogP contribution is -2.20. The molecule has 0 bridgehead atoms. The van der Waals surface area contributed by atoms with Crippen molar-refractivity contribution < 1.29 is 13.2 Å². The molecule has 2 aliphatic rings. The summed E-state index contributed by atoms with van der Waals surface area (Å²) in [7, 11) is 0. The van der Waals surface area contributed by atoms with Crippen LogP contribution in [0.4, 0.5) is 13.2 Å². The van der Waals surface area contributed by atoms with Gasteiger partial charge in [0.1, 0.15) is 5.67 Å². The Bertz CT molecular complexity index is 325. The summed E-state index contributed by atoms with van der Waals surface area (Å²) in [4.78, 5) is 0. The lowest BCUT2D eigenvalue weighted by molar-refractivity contribution is 0.192. The van der Waals surface area contributed by atoms with Gasteiger partial charge in [0.2, 0.25) is 0 Å². The van der Waals surface area contributed by atoms with Crippen molar-refractivity contribution in [3.8, 4) is 0 Å². The fraction of sp³-hybridized carbons (Fsp3) is 0.636. The third kappa shape index (κ3) is 1.07. The standard InChI is InChI=1S/C11H13F3/c1-5(10(12)13)9-6(2)11(3,14)8-4-7(8)9/h7-8,10H,1,4H2,2-3H3/t7-,8+,11?/m0/s1. The Kier molecular flexibility index (Phi) is 1.85. The van der Waals surface area contributed by atoms with Gasteiger partial charge in [0.05, 0.1) is 0 Å². The van der Waals surface area contributed by atoms with Crippen LogP contribution in [0.5, 0.6) is 0 Å². The van der Waals surface area contributed by atoms with Gasteiger partial charge in [-0.1, -0.05) is 6.58 Å². The third-order valence-corrected chi connectivity index (χ3v) is 3.60. The predicted octanol–water partition coefficient (Wildman–Crippen LogP) is 3.50. The Balaban J connectivity index is 2.36. The zero-order valence-corrected chi connectivity index (χ0v) is 8.28. The van der Waals surface area contributed by atoms with Crippen molar-refractivity contribution in [1.29, 1.82) is 0 Å². The Morgan fingerprint density at radius 2 is 2.14 bits per heavy atom. The molecule has 14 heavy (non-hydrogen) atoms. The van der Waals surface area contributed by atoms with Crippen LogP contribution in [0.15, 0.2) is 23.3 Å². The van der Waals surface area contributed by atoms with Crippen LogP contribution in [0.25, 0.3) is 0 Å². The van der Waals surface area contributed by atoms with Gasteiger partial charge in [-0.2, -0.15) is 0 Å². The molecule has 0 saturated heterocycles. The maximum absolute atomic E-state index is 14.0. The molecule has 3 atom stereocenters.